The first-order valence-electron chi connectivity index (χ1n) is 10.2. The highest BCUT2D eigenvalue weighted by atomic mass is 16.1. The summed E-state index contributed by atoms with van der Waals surface area (Å²) in [6.45, 7) is 3.25. The molecule has 1 aliphatic heterocycles. The number of amides is 1. The molecule has 5 N–H and O–H groups in total. The molecule has 0 saturated carbocycles. The Morgan fingerprint density at radius 2 is 1.71 bits per heavy atom. The van der Waals surface area contributed by atoms with E-state index in [1.54, 1.807) is 6.20 Å². The Morgan fingerprint density at radius 1 is 0.968 bits per heavy atom. The summed E-state index contributed by atoms with van der Waals surface area (Å²) in [6.07, 6.45) is 3.66. The summed E-state index contributed by atoms with van der Waals surface area (Å²) in [4.78, 5) is 20.9. The number of nitrogens with two attached hydrogens (primary N) is 2. The maximum absolute atomic E-state index is 12.1. The molecule has 156 valence electrons. The highest BCUT2D eigenvalue weighted by Crippen LogP contribution is 2.31. The minimum atomic E-state index is -0.423. The third-order valence-corrected chi connectivity index (χ3v) is 5.82. The van der Waals surface area contributed by atoms with Crippen LogP contribution in [0.3, 0.4) is 0 Å². The summed E-state index contributed by atoms with van der Waals surface area (Å²) in [7, 11) is 0. The summed E-state index contributed by atoms with van der Waals surface area (Å²) in [5.41, 5.74) is 17.0. The van der Waals surface area contributed by atoms with Crippen LogP contribution in [0, 0.1) is 0 Å². The Hall–Kier alpha value is -4.07. The molecule has 31 heavy (non-hydrogen) atoms. The van der Waals surface area contributed by atoms with Gasteiger partial charge in [0.25, 0.3) is 5.91 Å². The van der Waals surface area contributed by atoms with Gasteiger partial charge < -0.3 is 21.3 Å². The van der Waals surface area contributed by atoms with Crippen molar-refractivity contribution in [3.05, 3.63) is 66.5 Å². The molecule has 1 fully saturated rings. The molecule has 1 amide bonds. The number of primary amides is 1. The van der Waals surface area contributed by atoms with Gasteiger partial charge in [-0.05, 0) is 47.5 Å². The Kier molecular flexibility index (Phi) is 4.66. The number of hydrogen-bond donors (Lipinski definition) is 3. The first kappa shape index (κ1) is 18.9. The molecule has 0 atom stereocenters. The van der Waals surface area contributed by atoms with Crippen LogP contribution in [0.1, 0.15) is 10.4 Å². The van der Waals surface area contributed by atoms with Crippen LogP contribution in [0.5, 0.6) is 0 Å². The number of pyridine rings is 1. The van der Waals surface area contributed by atoms with E-state index in [1.165, 1.54) is 0 Å². The summed E-state index contributed by atoms with van der Waals surface area (Å²) in [6, 6.07) is 15.8. The first-order chi connectivity index (χ1) is 15.1. The lowest BCUT2D eigenvalue weighted by Gasteiger charge is -2.38. The number of anilines is 3. The summed E-state index contributed by atoms with van der Waals surface area (Å²) < 4.78 is 0. The monoisotopic (exact) mass is 413 g/mol. The Balaban J connectivity index is 1.45. The summed E-state index contributed by atoms with van der Waals surface area (Å²) >= 11 is 0. The van der Waals surface area contributed by atoms with Gasteiger partial charge in [0.05, 0.1) is 28.7 Å². The number of carbonyl (C=O) groups excluding carboxylic acids is 1. The van der Waals surface area contributed by atoms with Crippen molar-refractivity contribution in [2.75, 3.05) is 41.7 Å². The van der Waals surface area contributed by atoms with Crippen molar-refractivity contribution in [3.8, 4) is 11.1 Å². The first-order valence-corrected chi connectivity index (χ1v) is 10.2. The van der Waals surface area contributed by atoms with Crippen LogP contribution in [0.4, 0.5) is 17.2 Å². The van der Waals surface area contributed by atoms with E-state index in [4.69, 9.17) is 11.5 Å². The molecule has 8 heteroatoms. The van der Waals surface area contributed by atoms with Crippen molar-refractivity contribution >= 4 is 34.0 Å². The predicted molar refractivity (Wildman–Crippen MR) is 123 cm³/mol. The van der Waals surface area contributed by atoms with Gasteiger partial charge in [-0.3, -0.25) is 14.9 Å². The smallest absolute Gasteiger partial charge is 0.250 e. The lowest BCUT2D eigenvalue weighted by molar-refractivity contribution is 0.100. The van der Waals surface area contributed by atoms with E-state index in [0.29, 0.717) is 11.4 Å². The van der Waals surface area contributed by atoms with Gasteiger partial charge in [0.2, 0.25) is 0 Å². The fourth-order valence-electron chi connectivity index (χ4n) is 4.15. The van der Waals surface area contributed by atoms with Gasteiger partial charge in [-0.15, -0.1) is 0 Å². The zero-order chi connectivity index (χ0) is 21.4. The second-order valence-corrected chi connectivity index (χ2v) is 7.65. The number of carbonyl (C=O) groups is 1. The molecule has 0 radical (unpaired) electrons. The zero-order valence-corrected chi connectivity index (χ0v) is 17.0. The number of piperazine rings is 1. The minimum Gasteiger partial charge on any atom is -0.382 e. The molecule has 5 rings (SSSR count). The minimum absolute atomic E-state index is 0.423. The number of nitrogens with one attached hydrogen (secondary N) is 1. The molecular formula is C23H23N7O. The van der Waals surface area contributed by atoms with E-state index in [-0.39, 0.29) is 0 Å². The lowest BCUT2D eigenvalue weighted by atomic mass is 10.00. The van der Waals surface area contributed by atoms with Gasteiger partial charge in [-0.1, -0.05) is 12.1 Å². The lowest BCUT2D eigenvalue weighted by Crippen LogP contribution is -2.47. The SMILES string of the molecule is NC(=O)c1ccc(-c2ccc3c(N)n[nH]c3c2)cc1N1CCN(c2cccnc2)CC1. The number of aromatic nitrogens is 3. The highest BCUT2D eigenvalue weighted by molar-refractivity contribution is 6.00. The van der Waals surface area contributed by atoms with Gasteiger partial charge in [0.1, 0.15) is 0 Å². The number of nitrogens with zero attached hydrogens (tertiary/aromatic N) is 4. The standard InChI is InChI=1S/C23H23N7O/c24-22-18-5-3-15(12-20(18)27-28-22)16-4-6-19(23(25)31)21(13-16)30-10-8-29(9-11-30)17-2-1-7-26-14-17/h1-7,12-14H,8-11H2,(H2,25,31)(H3,24,27,28). The molecule has 2 aromatic carbocycles. The van der Waals surface area contributed by atoms with E-state index in [0.717, 1.165) is 59.6 Å². The van der Waals surface area contributed by atoms with Gasteiger partial charge in [0, 0.05) is 37.8 Å². The van der Waals surface area contributed by atoms with Crippen LogP contribution in [0.2, 0.25) is 0 Å². The van der Waals surface area contributed by atoms with Crippen LogP contribution in [0.15, 0.2) is 60.9 Å². The molecule has 0 aliphatic carbocycles. The summed E-state index contributed by atoms with van der Waals surface area (Å²) in [5, 5.41) is 7.91. The number of benzene rings is 2. The molecular weight excluding hydrogens is 390 g/mol. The number of hydrogen-bond acceptors (Lipinski definition) is 6. The average molecular weight is 413 g/mol. The fourth-order valence-corrected chi connectivity index (χ4v) is 4.15. The average Bonchev–Trinajstić information content (AvgIpc) is 3.19. The molecule has 8 nitrogen and oxygen atoms in total. The molecule has 3 heterocycles. The highest BCUT2D eigenvalue weighted by Gasteiger charge is 2.22. The molecule has 2 aromatic heterocycles. The van der Waals surface area contributed by atoms with Crippen LogP contribution >= 0.6 is 0 Å². The normalized spacial score (nSPS) is 14.2. The van der Waals surface area contributed by atoms with Gasteiger partial charge in [-0.2, -0.15) is 5.10 Å². The third-order valence-electron chi connectivity index (χ3n) is 5.82. The van der Waals surface area contributed by atoms with Crippen molar-refractivity contribution in [2.45, 2.75) is 0 Å². The van der Waals surface area contributed by atoms with Crippen LogP contribution in [0.25, 0.3) is 22.0 Å². The van der Waals surface area contributed by atoms with Crippen molar-refractivity contribution in [3.63, 3.8) is 0 Å². The topological polar surface area (TPSA) is 117 Å². The zero-order valence-electron chi connectivity index (χ0n) is 17.0. The van der Waals surface area contributed by atoms with Crippen LogP contribution < -0.4 is 21.3 Å². The van der Waals surface area contributed by atoms with Crippen LogP contribution in [-0.4, -0.2) is 47.3 Å². The fraction of sp³-hybridized carbons (Fsp3) is 0.174. The molecule has 0 spiro atoms. The number of aromatic amines is 1. The van der Waals surface area contributed by atoms with Gasteiger partial charge in [0.15, 0.2) is 5.82 Å². The molecule has 0 unspecified atom stereocenters. The van der Waals surface area contributed by atoms with E-state index in [9.17, 15) is 4.79 Å². The molecule has 0 bridgehead atoms. The predicted octanol–water partition coefficient (Wildman–Crippen LogP) is 2.63. The van der Waals surface area contributed by atoms with Crippen molar-refractivity contribution < 1.29 is 4.79 Å². The molecule has 1 aliphatic rings. The van der Waals surface area contributed by atoms with Gasteiger partial charge in [-0.25, -0.2) is 0 Å². The quantitative estimate of drug-likeness (QED) is 0.473. The largest absolute Gasteiger partial charge is 0.382 e. The van der Waals surface area contributed by atoms with E-state index in [2.05, 4.69) is 31.0 Å². The van der Waals surface area contributed by atoms with Crippen molar-refractivity contribution in [1.29, 1.82) is 0 Å². The van der Waals surface area contributed by atoms with E-state index >= 15 is 0 Å². The van der Waals surface area contributed by atoms with Crippen molar-refractivity contribution in [2.24, 2.45) is 5.73 Å². The maximum Gasteiger partial charge on any atom is 0.250 e. The Labute approximate surface area is 179 Å². The van der Waals surface area contributed by atoms with Crippen LogP contribution in [-0.2, 0) is 0 Å². The summed E-state index contributed by atoms with van der Waals surface area (Å²) in [5.74, 6) is 0.0610. The molecule has 4 aromatic rings. The second-order valence-electron chi connectivity index (χ2n) is 7.65. The van der Waals surface area contributed by atoms with Crippen molar-refractivity contribution in [1.82, 2.24) is 15.2 Å². The molecule has 1 saturated heterocycles. The van der Waals surface area contributed by atoms with E-state index < -0.39 is 5.91 Å². The Bertz CT molecular complexity index is 1240. The third kappa shape index (κ3) is 3.52. The second kappa shape index (κ2) is 7.64. The number of rotatable bonds is 4. The van der Waals surface area contributed by atoms with Gasteiger partial charge >= 0.3 is 0 Å². The Morgan fingerprint density at radius 3 is 2.45 bits per heavy atom. The number of H-pyrrole nitrogens is 1. The number of fused-ring (bicyclic) bond motifs is 1. The number of nitrogen functional groups attached to an aromatic ring is 1. The van der Waals surface area contributed by atoms with E-state index in [1.807, 2.05) is 48.7 Å². The maximum atomic E-state index is 12.1.